The average molecular weight is 377 g/mol. The van der Waals surface area contributed by atoms with Crippen LogP contribution in [-0.2, 0) is 11.3 Å². The van der Waals surface area contributed by atoms with Gasteiger partial charge in [0.15, 0.2) is 5.11 Å². The van der Waals surface area contributed by atoms with Crippen LogP contribution in [0, 0.1) is 19.8 Å². The largest absolute Gasteiger partial charge is 0.376 e. The van der Waals surface area contributed by atoms with E-state index in [0.29, 0.717) is 23.2 Å². The number of hydrazone groups is 1. The summed E-state index contributed by atoms with van der Waals surface area (Å²) in [6.07, 6.45) is 9.62. The summed E-state index contributed by atoms with van der Waals surface area (Å²) in [5, 5.41) is 8.39. The van der Waals surface area contributed by atoms with Crippen molar-refractivity contribution < 1.29 is 4.74 Å². The third kappa shape index (κ3) is 4.86. The van der Waals surface area contributed by atoms with E-state index in [1.165, 1.54) is 43.5 Å². The molecule has 1 aromatic heterocycles. The van der Waals surface area contributed by atoms with Gasteiger partial charge in [-0.05, 0) is 63.7 Å². The van der Waals surface area contributed by atoms with Crippen molar-refractivity contribution in [3.8, 4) is 0 Å². The van der Waals surface area contributed by atoms with Gasteiger partial charge in [-0.2, -0.15) is 5.10 Å². The summed E-state index contributed by atoms with van der Waals surface area (Å²) < 4.78 is 8.11. The Morgan fingerprint density at radius 2 is 2.12 bits per heavy atom. The summed E-state index contributed by atoms with van der Waals surface area (Å²) in [5.74, 6) is 0.671. The van der Waals surface area contributed by atoms with Gasteiger partial charge in [0, 0.05) is 36.1 Å². The molecule has 0 radical (unpaired) electrons. The number of ether oxygens (including phenoxy) is 1. The lowest BCUT2D eigenvalue weighted by atomic mass is 9.86. The standard InChI is InChI=1S/C20H32N4OS/c1-14-7-4-5-9-19(14)22-20(26)23-21-12-17-11-15(2)24(16(17)3)13-18-8-6-10-25-18/h11-12,14,18-19H,4-10,13H2,1-3H3,(H2,22,23,26)/b21-12-/t14-,18+,19+/m0/s1. The van der Waals surface area contributed by atoms with Crippen molar-refractivity contribution in [3.05, 3.63) is 23.0 Å². The molecule has 6 heteroatoms. The van der Waals surface area contributed by atoms with E-state index in [1.807, 2.05) is 6.21 Å². The van der Waals surface area contributed by atoms with E-state index in [-0.39, 0.29) is 0 Å². The quantitative estimate of drug-likeness (QED) is 0.468. The monoisotopic (exact) mass is 376 g/mol. The molecule has 0 aromatic carbocycles. The fraction of sp³-hybridized carbons (Fsp3) is 0.700. The number of aryl methyl sites for hydroxylation is 1. The van der Waals surface area contributed by atoms with E-state index < -0.39 is 0 Å². The van der Waals surface area contributed by atoms with Gasteiger partial charge >= 0.3 is 0 Å². The van der Waals surface area contributed by atoms with Crippen molar-refractivity contribution in [1.29, 1.82) is 0 Å². The highest BCUT2D eigenvalue weighted by Gasteiger charge is 2.21. The van der Waals surface area contributed by atoms with E-state index in [9.17, 15) is 0 Å². The summed E-state index contributed by atoms with van der Waals surface area (Å²) >= 11 is 5.40. The molecule has 3 atom stereocenters. The molecule has 1 aromatic rings. The Balaban J connectivity index is 1.53. The Hall–Kier alpha value is -1.40. The molecule has 144 valence electrons. The summed E-state index contributed by atoms with van der Waals surface area (Å²) in [7, 11) is 0. The lowest BCUT2D eigenvalue weighted by Crippen LogP contribution is -2.44. The van der Waals surface area contributed by atoms with E-state index in [0.717, 1.165) is 25.1 Å². The molecule has 0 spiro atoms. The van der Waals surface area contributed by atoms with Crippen molar-refractivity contribution in [2.75, 3.05) is 6.61 Å². The maximum absolute atomic E-state index is 5.78. The van der Waals surface area contributed by atoms with Crippen LogP contribution in [-0.4, -0.2) is 34.6 Å². The number of thiocarbonyl (C=S) groups is 1. The van der Waals surface area contributed by atoms with E-state index in [1.54, 1.807) is 0 Å². The van der Waals surface area contributed by atoms with Crippen LogP contribution in [0.5, 0.6) is 0 Å². The second-order valence-corrected chi connectivity index (χ2v) is 8.19. The Labute approximate surface area is 162 Å². The van der Waals surface area contributed by atoms with Gasteiger partial charge in [-0.1, -0.05) is 19.8 Å². The summed E-state index contributed by atoms with van der Waals surface area (Å²) in [5.41, 5.74) is 6.58. The molecule has 0 unspecified atom stereocenters. The number of nitrogens with zero attached hydrogens (tertiary/aromatic N) is 2. The maximum Gasteiger partial charge on any atom is 0.187 e. The zero-order valence-corrected chi connectivity index (χ0v) is 17.1. The van der Waals surface area contributed by atoms with Crippen molar-refractivity contribution in [3.63, 3.8) is 0 Å². The number of rotatable bonds is 5. The minimum Gasteiger partial charge on any atom is -0.376 e. The first-order valence-corrected chi connectivity index (χ1v) is 10.3. The SMILES string of the molecule is Cc1cc(/C=N\NC(=S)N[C@@H]2CCCC[C@@H]2C)c(C)n1C[C@H]1CCCO1. The van der Waals surface area contributed by atoms with Crippen LogP contribution >= 0.6 is 12.2 Å². The van der Waals surface area contributed by atoms with Crippen LogP contribution in [0.3, 0.4) is 0 Å². The molecular formula is C20H32N4OS. The highest BCUT2D eigenvalue weighted by Crippen LogP contribution is 2.23. The summed E-state index contributed by atoms with van der Waals surface area (Å²) in [6, 6.07) is 2.64. The molecule has 1 aliphatic heterocycles. The Morgan fingerprint density at radius 1 is 1.31 bits per heavy atom. The summed E-state index contributed by atoms with van der Waals surface area (Å²) in [4.78, 5) is 0. The number of aromatic nitrogens is 1. The first-order valence-electron chi connectivity index (χ1n) is 9.92. The highest BCUT2D eigenvalue weighted by molar-refractivity contribution is 7.80. The minimum atomic E-state index is 0.344. The van der Waals surface area contributed by atoms with Gasteiger partial charge in [0.05, 0.1) is 12.3 Å². The molecule has 0 bridgehead atoms. The van der Waals surface area contributed by atoms with Gasteiger partial charge < -0.3 is 14.6 Å². The van der Waals surface area contributed by atoms with E-state index in [4.69, 9.17) is 17.0 Å². The smallest absolute Gasteiger partial charge is 0.187 e. The van der Waals surface area contributed by atoms with E-state index in [2.05, 4.69) is 47.2 Å². The molecule has 0 amide bonds. The fourth-order valence-corrected chi connectivity index (χ4v) is 4.33. The Morgan fingerprint density at radius 3 is 2.85 bits per heavy atom. The molecule has 1 aliphatic carbocycles. The van der Waals surface area contributed by atoms with Crippen molar-refractivity contribution in [2.45, 2.75) is 78.0 Å². The van der Waals surface area contributed by atoms with Gasteiger partial charge in [-0.25, -0.2) is 0 Å². The second-order valence-electron chi connectivity index (χ2n) is 7.78. The highest BCUT2D eigenvalue weighted by atomic mass is 32.1. The molecule has 2 aliphatic rings. The zero-order chi connectivity index (χ0) is 18.5. The molecule has 2 heterocycles. The molecule has 1 saturated carbocycles. The van der Waals surface area contributed by atoms with Gasteiger partial charge in [-0.15, -0.1) is 0 Å². The average Bonchev–Trinajstić information content (AvgIpc) is 3.21. The Bertz CT molecular complexity index is 648. The molecule has 5 nitrogen and oxygen atoms in total. The minimum absolute atomic E-state index is 0.344. The molecule has 2 N–H and O–H groups in total. The van der Waals surface area contributed by atoms with Crippen LogP contribution in [0.1, 0.15) is 62.4 Å². The molecular weight excluding hydrogens is 344 g/mol. The Kier molecular flexibility index (Phi) is 6.70. The van der Waals surface area contributed by atoms with Gasteiger partial charge in [0.2, 0.25) is 0 Å². The van der Waals surface area contributed by atoms with Crippen LogP contribution in [0.2, 0.25) is 0 Å². The molecule has 26 heavy (non-hydrogen) atoms. The molecule has 1 saturated heterocycles. The van der Waals surface area contributed by atoms with Crippen LogP contribution < -0.4 is 10.7 Å². The lowest BCUT2D eigenvalue weighted by Gasteiger charge is -2.30. The van der Waals surface area contributed by atoms with Crippen molar-refractivity contribution in [1.82, 2.24) is 15.3 Å². The van der Waals surface area contributed by atoms with Gasteiger partial charge in [0.1, 0.15) is 0 Å². The van der Waals surface area contributed by atoms with Crippen molar-refractivity contribution in [2.24, 2.45) is 11.0 Å². The number of nitrogens with one attached hydrogen (secondary N) is 2. The molecule has 3 rings (SSSR count). The van der Waals surface area contributed by atoms with E-state index >= 15 is 0 Å². The van der Waals surface area contributed by atoms with Crippen LogP contribution in [0.15, 0.2) is 11.2 Å². The summed E-state index contributed by atoms with van der Waals surface area (Å²) in [6.45, 7) is 8.41. The predicted molar refractivity (Wildman–Crippen MR) is 111 cm³/mol. The van der Waals surface area contributed by atoms with Gasteiger partial charge in [-0.3, -0.25) is 5.43 Å². The predicted octanol–water partition coefficient (Wildman–Crippen LogP) is 3.66. The second kappa shape index (κ2) is 9.00. The molecule has 2 fully saturated rings. The lowest BCUT2D eigenvalue weighted by molar-refractivity contribution is 0.0962. The van der Waals surface area contributed by atoms with Gasteiger partial charge in [0.25, 0.3) is 0 Å². The number of hydrogen-bond donors (Lipinski definition) is 2. The first-order chi connectivity index (χ1) is 12.5. The first kappa shape index (κ1) is 19.4. The third-order valence-corrected chi connectivity index (χ3v) is 6.03. The third-order valence-electron chi connectivity index (χ3n) is 5.82. The van der Waals surface area contributed by atoms with Crippen LogP contribution in [0.4, 0.5) is 0 Å². The maximum atomic E-state index is 5.78. The zero-order valence-electron chi connectivity index (χ0n) is 16.3. The van der Waals surface area contributed by atoms with Crippen LogP contribution in [0.25, 0.3) is 0 Å². The number of hydrogen-bond acceptors (Lipinski definition) is 3. The topological polar surface area (TPSA) is 50.6 Å². The fourth-order valence-electron chi connectivity index (χ4n) is 4.12. The normalized spacial score (nSPS) is 26.3. The van der Waals surface area contributed by atoms with Crippen molar-refractivity contribution >= 4 is 23.5 Å².